The summed E-state index contributed by atoms with van der Waals surface area (Å²) in [7, 11) is 0. The largest absolute Gasteiger partial charge is 0.326 e. The van der Waals surface area contributed by atoms with E-state index in [0.29, 0.717) is 5.92 Å². The molecule has 3 aliphatic heterocycles. The summed E-state index contributed by atoms with van der Waals surface area (Å²) in [5.41, 5.74) is 0.190. The van der Waals surface area contributed by atoms with E-state index < -0.39 is 5.97 Å². The highest BCUT2D eigenvalue weighted by Crippen LogP contribution is 2.52. The summed E-state index contributed by atoms with van der Waals surface area (Å²) in [5, 5.41) is 0. The minimum absolute atomic E-state index is 0.0312. The minimum atomic E-state index is -0.701. The fraction of sp³-hybridized carbons (Fsp3) is 1.00. The van der Waals surface area contributed by atoms with Crippen molar-refractivity contribution in [2.24, 2.45) is 16.7 Å². The lowest BCUT2D eigenvalue weighted by molar-refractivity contribution is -0.496. The number of hydrogen-bond donors (Lipinski definition) is 0. The molecular formula is C15H26O3. The van der Waals surface area contributed by atoms with Gasteiger partial charge in [0.05, 0.1) is 19.8 Å². The van der Waals surface area contributed by atoms with Crippen molar-refractivity contribution < 1.29 is 14.2 Å². The average molecular weight is 254 g/mol. The second-order valence-electron chi connectivity index (χ2n) is 7.33. The van der Waals surface area contributed by atoms with E-state index in [1.807, 2.05) is 0 Å². The van der Waals surface area contributed by atoms with Crippen LogP contribution in [0.15, 0.2) is 0 Å². The molecule has 0 aromatic carbocycles. The van der Waals surface area contributed by atoms with Gasteiger partial charge >= 0.3 is 0 Å². The highest BCUT2D eigenvalue weighted by molar-refractivity contribution is 4.97. The van der Waals surface area contributed by atoms with Crippen LogP contribution in [0.4, 0.5) is 0 Å². The molecule has 4 rings (SSSR count). The topological polar surface area (TPSA) is 27.7 Å². The molecule has 2 bridgehead atoms. The number of rotatable bonds is 1. The maximum atomic E-state index is 6.09. The molecule has 3 nitrogen and oxygen atoms in total. The van der Waals surface area contributed by atoms with Gasteiger partial charge in [0.1, 0.15) is 0 Å². The highest BCUT2D eigenvalue weighted by atomic mass is 16.9. The normalized spacial score (nSPS) is 42.2. The molecule has 0 N–H and O–H groups in total. The maximum absolute atomic E-state index is 6.09. The Morgan fingerprint density at radius 1 is 0.833 bits per heavy atom. The van der Waals surface area contributed by atoms with Crippen LogP contribution < -0.4 is 0 Å². The van der Waals surface area contributed by atoms with Crippen LogP contribution in [0.3, 0.4) is 0 Å². The third kappa shape index (κ3) is 1.83. The summed E-state index contributed by atoms with van der Waals surface area (Å²) in [5.74, 6) is -0.266. The molecule has 3 heterocycles. The molecule has 4 fully saturated rings. The van der Waals surface area contributed by atoms with Crippen molar-refractivity contribution in [1.29, 1.82) is 0 Å². The smallest absolute Gasteiger partial charge is 0.285 e. The Balaban J connectivity index is 1.74. The van der Waals surface area contributed by atoms with E-state index in [4.69, 9.17) is 14.2 Å². The molecular weight excluding hydrogens is 228 g/mol. The Bertz CT molecular complexity index is 288. The second-order valence-corrected chi connectivity index (χ2v) is 7.33. The van der Waals surface area contributed by atoms with Crippen molar-refractivity contribution in [2.75, 3.05) is 19.8 Å². The Morgan fingerprint density at radius 3 is 1.78 bits per heavy atom. The van der Waals surface area contributed by atoms with Gasteiger partial charge in [-0.15, -0.1) is 0 Å². The molecule has 1 saturated carbocycles. The van der Waals surface area contributed by atoms with Crippen LogP contribution >= 0.6 is 0 Å². The van der Waals surface area contributed by atoms with E-state index in [9.17, 15) is 0 Å². The van der Waals surface area contributed by atoms with Crippen LogP contribution in [0.25, 0.3) is 0 Å². The third-order valence-corrected chi connectivity index (χ3v) is 5.35. The van der Waals surface area contributed by atoms with Gasteiger partial charge in [0.15, 0.2) is 0 Å². The molecule has 0 aromatic rings. The number of hydrogen-bond acceptors (Lipinski definition) is 3. The standard InChI is InChI=1S/C15H26O3/c1-13(2,3)14-9-16-15(17-10-14,18-11-14)12-7-5-4-6-8-12/h12H,4-11H2,1-3H3. The zero-order valence-electron chi connectivity index (χ0n) is 12.0. The number of ether oxygens (including phenoxy) is 3. The van der Waals surface area contributed by atoms with Gasteiger partial charge in [-0.2, -0.15) is 0 Å². The maximum Gasteiger partial charge on any atom is 0.285 e. The monoisotopic (exact) mass is 254 g/mol. The Morgan fingerprint density at radius 2 is 1.33 bits per heavy atom. The molecule has 104 valence electrons. The van der Waals surface area contributed by atoms with E-state index in [1.165, 1.54) is 32.1 Å². The van der Waals surface area contributed by atoms with Gasteiger partial charge in [-0.1, -0.05) is 40.0 Å². The van der Waals surface area contributed by atoms with E-state index >= 15 is 0 Å². The molecule has 0 spiro atoms. The highest BCUT2D eigenvalue weighted by Gasteiger charge is 2.59. The van der Waals surface area contributed by atoms with Gasteiger partial charge in [-0.3, -0.25) is 0 Å². The van der Waals surface area contributed by atoms with E-state index in [1.54, 1.807) is 0 Å². The van der Waals surface area contributed by atoms with Crippen molar-refractivity contribution in [3.8, 4) is 0 Å². The first-order chi connectivity index (χ1) is 8.48. The van der Waals surface area contributed by atoms with Crippen molar-refractivity contribution in [3.63, 3.8) is 0 Å². The van der Waals surface area contributed by atoms with Gasteiger partial charge < -0.3 is 14.2 Å². The fourth-order valence-corrected chi connectivity index (χ4v) is 3.43. The lowest BCUT2D eigenvalue weighted by atomic mass is 9.66. The number of fused-ring (bicyclic) bond motifs is 3. The third-order valence-electron chi connectivity index (χ3n) is 5.35. The van der Waals surface area contributed by atoms with Crippen molar-refractivity contribution >= 4 is 0 Å². The second kappa shape index (κ2) is 4.19. The summed E-state index contributed by atoms with van der Waals surface area (Å²) < 4.78 is 18.3. The predicted octanol–water partition coefficient (Wildman–Crippen LogP) is 3.33. The van der Waals surface area contributed by atoms with E-state index in [0.717, 1.165) is 19.8 Å². The Hall–Kier alpha value is -0.120. The predicted molar refractivity (Wildman–Crippen MR) is 69.1 cm³/mol. The molecule has 0 radical (unpaired) electrons. The molecule has 3 heteroatoms. The van der Waals surface area contributed by atoms with E-state index in [-0.39, 0.29) is 10.8 Å². The Kier molecular flexibility index (Phi) is 3.00. The van der Waals surface area contributed by atoms with Crippen LogP contribution in [0, 0.1) is 16.7 Å². The zero-order valence-corrected chi connectivity index (χ0v) is 12.0. The van der Waals surface area contributed by atoms with Crippen molar-refractivity contribution in [1.82, 2.24) is 0 Å². The van der Waals surface area contributed by atoms with Gasteiger partial charge in [0.25, 0.3) is 5.97 Å². The van der Waals surface area contributed by atoms with E-state index in [2.05, 4.69) is 20.8 Å². The molecule has 18 heavy (non-hydrogen) atoms. The first-order valence-electron chi connectivity index (χ1n) is 7.39. The van der Waals surface area contributed by atoms with Gasteiger partial charge in [0.2, 0.25) is 0 Å². The molecule has 0 unspecified atom stereocenters. The molecule has 1 aliphatic carbocycles. The first kappa shape index (κ1) is 12.9. The first-order valence-corrected chi connectivity index (χ1v) is 7.39. The van der Waals surface area contributed by atoms with Crippen LogP contribution in [-0.4, -0.2) is 25.8 Å². The summed E-state index contributed by atoms with van der Waals surface area (Å²) in [4.78, 5) is 0. The Labute approximate surface area is 110 Å². The molecule has 0 atom stereocenters. The van der Waals surface area contributed by atoms with Crippen LogP contribution in [0.1, 0.15) is 52.9 Å². The molecule has 0 amide bonds. The molecule has 4 aliphatic rings. The van der Waals surface area contributed by atoms with Crippen molar-refractivity contribution in [2.45, 2.75) is 58.8 Å². The summed E-state index contributed by atoms with van der Waals surface area (Å²) in [6.07, 6.45) is 6.28. The summed E-state index contributed by atoms with van der Waals surface area (Å²) in [6.45, 7) is 9.11. The quantitative estimate of drug-likeness (QED) is 0.718. The lowest BCUT2D eigenvalue weighted by Crippen LogP contribution is -2.66. The SMILES string of the molecule is CC(C)(C)C12COC(C3CCCCC3)(OC1)OC2. The zero-order chi connectivity index (χ0) is 12.9. The van der Waals surface area contributed by atoms with Crippen LogP contribution in [-0.2, 0) is 14.2 Å². The van der Waals surface area contributed by atoms with Crippen molar-refractivity contribution in [3.05, 3.63) is 0 Å². The minimum Gasteiger partial charge on any atom is -0.326 e. The van der Waals surface area contributed by atoms with Crippen LogP contribution in [0.5, 0.6) is 0 Å². The molecule has 0 aromatic heterocycles. The van der Waals surface area contributed by atoms with Gasteiger partial charge in [0, 0.05) is 11.3 Å². The summed E-state index contributed by atoms with van der Waals surface area (Å²) in [6, 6.07) is 0. The van der Waals surface area contributed by atoms with Gasteiger partial charge in [-0.25, -0.2) is 0 Å². The molecule has 3 saturated heterocycles. The lowest BCUT2D eigenvalue weighted by Gasteiger charge is -2.59. The fourth-order valence-electron chi connectivity index (χ4n) is 3.43. The summed E-state index contributed by atoms with van der Waals surface area (Å²) >= 11 is 0. The average Bonchev–Trinajstić information content (AvgIpc) is 2.41. The van der Waals surface area contributed by atoms with Crippen LogP contribution in [0.2, 0.25) is 0 Å². The van der Waals surface area contributed by atoms with Gasteiger partial charge in [-0.05, 0) is 18.3 Å².